The summed E-state index contributed by atoms with van der Waals surface area (Å²) < 4.78 is 2.03. The molecule has 5 nitrogen and oxygen atoms in total. The van der Waals surface area contributed by atoms with Gasteiger partial charge in [-0.2, -0.15) is 0 Å². The summed E-state index contributed by atoms with van der Waals surface area (Å²) in [4.78, 5) is 13.1. The molecular weight excluding hydrogens is 286 g/mol. The maximum Gasteiger partial charge on any atom is 0.137 e. The molecule has 6 heteroatoms. The van der Waals surface area contributed by atoms with Crippen LogP contribution in [-0.4, -0.2) is 25.6 Å². The molecule has 0 saturated heterocycles. The van der Waals surface area contributed by atoms with Crippen LogP contribution >= 0.6 is 11.6 Å². The van der Waals surface area contributed by atoms with Crippen LogP contribution in [-0.2, 0) is 12.0 Å². The van der Waals surface area contributed by atoms with Gasteiger partial charge in [-0.25, -0.2) is 15.0 Å². The van der Waals surface area contributed by atoms with Crippen LogP contribution in [0.5, 0.6) is 0 Å². The molecule has 0 amide bonds. The molecule has 114 valence electrons. The Morgan fingerprint density at radius 1 is 1.33 bits per heavy atom. The van der Waals surface area contributed by atoms with Gasteiger partial charge in [-0.3, -0.25) is 0 Å². The van der Waals surface area contributed by atoms with E-state index in [4.69, 9.17) is 11.6 Å². The lowest BCUT2D eigenvalue weighted by Gasteiger charge is -2.21. The normalized spacial score (nSPS) is 13.2. The Kier molecular flexibility index (Phi) is 4.52. The number of imidazole rings is 1. The standard InChI is InChI=1S/C15H22ClN5/c1-10(8-21-7-6-17-9-21)18-13-11(2)12(16)19-14(20-13)15(3,4)5/h6-7,9-10H,8H2,1-5H3,(H,18,19,20). The summed E-state index contributed by atoms with van der Waals surface area (Å²) in [5.41, 5.74) is 0.739. The first-order valence-corrected chi connectivity index (χ1v) is 7.42. The average Bonchev–Trinajstić information content (AvgIpc) is 2.86. The monoisotopic (exact) mass is 307 g/mol. The van der Waals surface area contributed by atoms with Gasteiger partial charge in [0.25, 0.3) is 0 Å². The highest BCUT2D eigenvalue weighted by atomic mass is 35.5. The van der Waals surface area contributed by atoms with Crippen molar-refractivity contribution in [2.45, 2.75) is 52.6 Å². The number of nitrogens with zero attached hydrogens (tertiary/aromatic N) is 4. The molecule has 21 heavy (non-hydrogen) atoms. The molecule has 0 aliphatic heterocycles. The van der Waals surface area contributed by atoms with Crippen molar-refractivity contribution in [3.05, 3.63) is 35.3 Å². The average molecular weight is 308 g/mol. The Morgan fingerprint density at radius 2 is 2.05 bits per heavy atom. The van der Waals surface area contributed by atoms with Crippen molar-refractivity contribution < 1.29 is 0 Å². The third-order valence-electron chi connectivity index (χ3n) is 3.18. The zero-order chi connectivity index (χ0) is 15.6. The molecule has 0 spiro atoms. The molecule has 0 fully saturated rings. The van der Waals surface area contributed by atoms with E-state index in [1.54, 1.807) is 12.5 Å². The summed E-state index contributed by atoms with van der Waals surface area (Å²) in [6.45, 7) is 11.1. The lowest BCUT2D eigenvalue weighted by Crippen LogP contribution is -2.24. The Hall–Kier alpha value is -1.62. The lowest BCUT2D eigenvalue weighted by molar-refractivity contribution is 0.543. The number of nitrogens with one attached hydrogen (secondary N) is 1. The number of hydrogen-bond acceptors (Lipinski definition) is 4. The van der Waals surface area contributed by atoms with Crippen LogP contribution < -0.4 is 5.32 Å². The van der Waals surface area contributed by atoms with E-state index in [-0.39, 0.29) is 11.5 Å². The first-order valence-electron chi connectivity index (χ1n) is 7.04. The molecule has 0 saturated carbocycles. The maximum atomic E-state index is 6.24. The Balaban J connectivity index is 2.20. The summed E-state index contributed by atoms with van der Waals surface area (Å²) in [6, 6.07) is 0.205. The largest absolute Gasteiger partial charge is 0.365 e. The Morgan fingerprint density at radius 3 is 2.62 bits per heavy atom. The molecule has 2 rings (SSSR count). The second kappa shape index (κ2) is 6.02. The third-order valence-corrected chi connectivity index (χ3v) is 3.55. The molecule has 0 aromatic carbocycles. The van der Waals surface area contributed by atoms with E-state index in [0.717, 1.165) is 23.8 Å². The van der Waals surface area contributed by atoms with Crippen LogP contribution in [0.2, 0.25) is 5.15 Å². The van der Waals surface area contributed by atoms with Crippen LogP contribution in [0.4, 0.5) is 5.82 Å². The van der Waals surface area contributed by atoms with Gasteiger partial charge in [-0.15, -0.1) is 0 Å². The van der Waals surface area contributed by atoms with E-state index in [1.165, 1.54) is 0 Å². The van der Waals surface area contributed by atoms with Gasteiger partial charge in [0.2, 0.25) is 0 Å². The molecule has 1 unspecified atom stereocenters. The molecular formula is C15H22ClN5. The maximum absolute atomic E-state index is 6.24. The summed E-state index contributed by atoms with van der Waals surface area (Å²) in [5, 5.41) is 3.92. The molecule has 1 atom stereocenters. The van der Waals surface area contributed by atoms with Crippen molar-refractivity contribution in [1.29, 1.82) is 0 Å². The van der Waals surface area contributed by atoms with Gasteiger partial charge in [0.15, 0.2) is 0 Å². The number of aromatic nitrogens is 4. The number of anilines is 1. The molecule has 2 aromatic rings. The van der Waals surface area contributed by atoms with Gasteiger partial charge in [-0.1, -0.05) is 32.4 Å². The second-order valence-electron chi connectivity index (χ2n) is 6.37. The van der Waals surface area contributed by atoms with Crippen molar-refractivity contribution >= 4 is 17.4 Å². The summed E-state index contributed by atoms with van der Waals surface area (Å²) >= 11 is 6.24. The lowest BCUT2D eigenvalue weighted by atomic mass is 9.95. The second-order valence-corrected chi connectivity index (χ2v) is 6.72. The van der Waals surface area contributed by atoms with E-state index in [9.17, 15) is 0 Å². The molecule has 0 bridgehead atoms. The van der Waals surface area contributed by atoms with Gasteiger partial charge in [0.1, 0.15) is 16.8 Å². The van der Waals surface area contributed by atoms with Gasteiger partial charge < -0.3 is 9.88 Å². The van der Waals surface area contributed by atoms with Crippen LogP contribution in [0.1, 0.15) is 39.1 Å². The van der Waals surface area contributed by atoms with Crippen LogP contribution in [0.25, 0.3) is 0 Å². The minimum atomic E-state index is -0.138. The van der Waals surface area contributed by atoms with E-state index >= 15 is 0 Å². The molecule has 0 aliphatic carbocycles. The highest BCUT2D eigenvalue weighted by Gasteiger charge is 2.21. The van der Waals surface area contributed by atoms with Crippen molar-refractivity contribution in [1.82, 2.24) is 19.5 Å². The molecule has 2 heterocycles. The topological polar surface area (TPSA) is 55.6 Å². The molecule has 0 radical (unpaired) electrons. The summed E-state index contributed by atoms with van der Waals surface area (Å²) in [6.07, 6.45) is 5.52. The van der Waals surface area contributed by atoms with E-state index in [1.807, 2.05) is 17.7 Å². The number of rotatable bonds is 4. The fourth-order valence-corrected chi connectivity index (χ4v) is 2.12. The van der Waals surface area contributed by atoms with E-state index in [2.05, 4.69) is 48.0 Å². The van der Waals surface area contributed by atoms with E-state index in [0.29, 0.717) is 5.15 Å². The SMILES string of the molecule is Cc1c(Cl)nc(C(C)(C)C)nc1NC(C)Cn1ccnc1. The van der Waals surface area contributed by atoms with Gasteiger partial charge in [0, 0.05) is 36.0 Å². The number of hydrogen-bond donors (Lipinski definition) is 1. The van der Waals surface area contributed by atoms with E-state index < -0.39 is 0 Å². The quantitative estimate of drug-likeness (QED) is 0.879. The molecule has 1 N–H and O–H groups in total. The van der Waals surface area contributed by atoms with Crippen molar-refractivity contribution in [3.63, 3.8) is 0 Å². The van der Waals surface area contributed by atoms with Crippen molar-refractivity contribution in [2.75, 3.05) is 5.32 Å². The van der Waals surface area contributed by atoms with Crippen molar-refractivity contribution in [2.24, 2.45) is 0 Å². The minimum Gasteiger partial charge on any atom is -0.365 e. The predicted molar refractivity (Wildman–Crippen MR) is 85.8 cm³/mol. The predicted octanol–water partition coefficient (Wildman–Crippen LogP) is 3.43. The first-order chi connectivity index (χ1) is 9.77. The number of halogens is 1. The fourth-order valence-electron chi connectivity index (χ4n) is 1.96. The van der Waals surface area contributed by atoms with Gasteiger partial charge in [-0.05, 0) is 13.8 Å². The van der Waals surface area contributed by atoms with Gasteiger partial charge >= 0.3 is 0 Å². The first kappa shape index (κ1) is 15.8. The summed E-state index contributed by atoms with van der Waals surface area (Å²) in [5.74, 6) is 1.54. The zero-order valence-electron chi connectivity index (χ0n) is 13.2. The Bertz CT molecular complexity index is 601. The highest BCUT2D eigenvalue weighted by molar-refractivity contribution is 6.30. The fraction of sp³-hybridized carbons (Fsp3) is 0.533. The Labute approximate surface area is 130 Å². The van der Waals surface area contributed by atoms with Crippen LogP contribution in [0.15, 0.2) is 18.7 Å². The molecule has 0 aliphatic rings. The van der Waals surface area contributed by atoms with Crippen molar-refractivity contribution in [3.8, 4) is 0 Å². The molecule has 2 aromatic heterocycles. The smallest absolute Gasteiger partial charge is 0.137 e. The summed E-state index contributed by atoms with van der Waals surface area (Å²) in [7, 11) is 0. The van der Waals surface area contributed by atoms with Crippen LogP contribution in [0, 0.1) is 6.92 Å². The van der Waals surface area contributed by atoms with Gasteiger partial charge in [0.05, 0.1) is 6.33 Å². The third kappa shape index (κ3) is 3.94. The minimum absolute atomic E-state index is 0.138. The van der Waals surface area contributed by atoms with Crippen LogP contribution in [0.3, 0.4) is 0 Å². The highest BCUT2D eigenvalue weighted by Crippen LogP contribution is 2.26. The zero-order valence-corrected chi connectivity index (χ0v) is 13.9.